The van der Waals surface area contributed by atoms with Crippen LogP contribution in [0.5, 0.6) is 0 Å². The Kier molecular flexibility index (Phi) is 5.17. The molecule has 0 bridgehead atoms. The van der Waals surface area contributed by atoms with Crippen molar-refractivity contribution in [2.24, 2.45) is 0 Å². The summed E-state index contributed by atoms with van der Waals surface area (Å²) >= 11 is 1.51. The second kappa shape index (κ2) is 8.58. The number of thioether (sulfide) groups is 1. The molecule has 12 heteroatoms. The fraction of sp³-hybridized carbons (Fsp3) is 0.360. The number of nitrogens with one attached hydrogen (secondary N) is 2. The summed E-state index contributed by atoms with van der Waals surface area (Å²) in [5.74, 6) is 1.43. The average molecular weight is 518 g/mol. The number of fused-ring (bicyclic) bond motifs is 3. The van der Waals surface area contributed by atoms with Crippen molar-refractivity contribution in [3.63, 3.8) is 0 Å². The number of carbonyl (C=O) groups excluding carboxylic acids is 1. The van der Waals surface area contributed by atoms with Gasteiger partial charge in [-0.05, 0) is 50.7 Å². The molecule has 4 aromatic heterocycles. The lowest BCUT2D eigenvalue weighted by Gasteiger charge is -2.15. The van der Waals surface area contributed by atoms with Crippen LogP contribution in [-0.2, 0) is 30.5 Å². The molecular weight excluding hydrogens is 494 g/mol. The van der Waals surface area contributed by atoms with E-state index in [2.05, 4.69) is 25.4 Å². The third-order valence-corrected chi connectivity index (χ3v) is 8.27. The monoisotopic (exact) mass is 517 g/mol. The summed E-state index contributed by atoms with van der Waals surface area (Å²) in [4.78, 5) is 51.1. The Morgan fingerprint density at radius 3 is 2.76 bits per heavy atom. The molecule has 1 atom stereocenters. The zero-order valence-corrected chi connectivity index (χ0v) is 20.6. The highest BCUT2D eigenvalue weighted by Crippen LogP contribution is 2.34. The van der Waals surface area contributed by atoms with Crippen molar-refractivity contribution in [3.05, 3.63) is 67.7 Å². The fourth-order valence-corrected chi connectivity index (χ4v) is 6.57. The molecule has 0 saturated heterocycles. The highest BCUT2D eigenvalue weighted by molar-refractivity contribution is 7.99. The molecule has 0 aromatic carbocycles. The van der Waals surface area contributed by atoms with Crippen molar-refractivity contribution < 1.29 is 9.21 Å². The van der Waals surface area contributed by atoms with E-state index >= 15 is 0 Å². The number of furan rings is 1. The smallest absolute Gasteiger partial charge is 0.257 e. The van der Waals surface area contributed by atoms with Crippen LogP contribution in [0.3, 0.4) is 0 Å². The third-order valence-electron chi connectivity index (χ3n) is 7.17. The van der Waals surface area contributed by atoms with Crippen LogP contribution in [0.4, 0.5) is 5.82 Å². The first-order valence-electron chi connectivity index (χ1n) is 12.4. The maximum atomic E-state index is 13.2. The summed E-state index contributed by atoms with van der Waals surface area (Å²) < 4.78 is 8.60. The van der Waals surface area contributed by atoms with Crippen molar-refractivity contribution >= 4 is 23.5 Å². The Hall–Kier alpha value is -3.93. The number of aryl methyl sites for hydroxylation is 2. The molecule has 37 heavy (non-hydrogen) atoms. The van der Waals surface area contributed by atoms with Gasteiger partial charge >= 0.3 is 0 Å². The van der Waals surface area contributed by atoms with Gasteiger partial charge in [0.25, 0.3) is 11.1 Å². The number of anilines is 1. The first-order valence-corrected chi connectivity index (χ1v) is 13.4. The number of nitrogens with zero attached hydrogens (tertiary/aromatic N) is 5. The summed E-state index contributed by atoms with van der Waals surface area (Å²) in [7, 11) is 0. The summed E-state index contributed by atoms with van der Waals surface area (Å²) in [5.41, 5.74) is 3.42. The second-order valence-corrected chi connectivity index (χ2v) is 10.5. The Morgan fingerprint density at radius 2 is 1.95 bits per heavy atom. The number of hydrogen-bond donors (Lipinski definition) is 2. The third kappa shape index (κ3) is 3.74. The molecular formula is C25H23N7O4S. The van der Waals surface area contributed by atoms with Gasteiger partial charge in [0.1, 0.15) is 11.5 Å². The van der Waals surface area contributed by atoms with Gasteiger partial charge in [-0.25, -0.2) is 9.97 Å². The maximum Gasteiger partial charge on any atom is 0.257 e. The summed E-state index contributed by atoms with van der Waals surface area (Å²) in [5, 5.41) is 8.18. The summed E-state index contributed by atoms with van der Waals surface area (Å²) in [6, 6.07) is 4.91. The van der Waals surface area contributed by atoms with Crippen LogP contribution in [0.25, 0.3) is 17.4 Å². The van der Waals surface area contributed by atoms with Gasteiger partial charge in [-0.3, -0.25) is 23.9 Å². The maximum absolute atomic E-state index is 13.2. The fourth-order valence-electron chi connectivity index (χ4n) is 5.42. The Morgan fingerprint density at radius 1 is 1.14 bits per heavy atom. The largest absolute Gasteiger partial charge is 0.463 e. The predicted octanol–water partition coefficient (Wildman–Crippen LogP) is 2.43. The lowest BCUT2D eigenvalue weighted by atomic mass is 10.2. The first kappa shape index (κ1) is 22.3. The van der Waals surface area contributed by atoms with Gasteiger partial charge in [-0.15, -0.1) is 0 Å². The van der Waals surface area contributed by atoms with Gasteiger partial charge in [-0.1, -0.05) is 11.8 Å². The van der Waals surface area contributed by atoms with Gasteiger partial charge in [0.05, 0.1) is 23.7 Å². The SMILES string of the molecule is O=C(CC1CSc2nc3c(c(=O)n21)CCC3)Nc1cc(-c2ccco2)nn1-c1nc2c(c(=O)[nH]1)CCC2. The number of hydrogen-bond acceptors (Lipinski definition) is 8. The molecule has 11 nitrogen and oxygen atoms in total. The number of amides is 1. The molecule has 0 fully saturated rings. The first-order chi connectivity index (χ1) is 18.0. The van der Waals surface area contributed by atoms with E-state index in [1.165, 1.54) is 16.4 Å². The van der Waals surface area contributed by atoms with Crippen LogP contribution in [0.15, 0.2) is 43.6 Å². The standard InChI is InChI=1S/C25H23N7O4S/c33-21(10-13-12-37-25-27-17-7-2-5-15(17)23(35)31(13)25)28-20-11-18(19-8-3-9-36-19)30-32(20)24-26-16-6-1-4-14(16)22(34)29-24/h3,8-9,11,13H,1-2,4-7,10,12H2,(H,28,33)(H,26,29,34). The van der Waals surface area contributed by atoms with E-state index in [9.17, 15) is 14.4 Å². The molecule has 1 unspecified atom stereocenters. The van der Waals surface area contributed by atoms with E-state index in [1.54, 1.807) is 29.0 Å². The summed E-state index contributed by atoms with van der Waals surface area (Å²) in [6.07, 6.45) is 6.49. The average Bonchev–Trinajstić information content (AvgIpc) is 3.69. The Balaban J connectivity index is 1.20. The summed E-state index contributed by atoms with van der Waals surface area (Å²) in [6.45, 7) is 0. The van der Waals surface area contributed by atoms with Crippen molar-refractivity contribution in [3.8, 4) is 17.4 Å². The quantitative estimate of drug-likeness (QED) is 0.385. The van der Waals surface area contributed by atoms with Crippen LogP contribution in [0.2, 0.25) is 0 Å². The Labute approximate surface area is 214 Å². The minimum Gasteiger partial charge on any atom is -0.463 e. The molecule has 2 N–H and O–H groups in total. The molecule has 0 radical (unpaired) electrons. The van der Waals surface area contributed by atoms with E-state index in [4.69, 9.17) is 4.42 Å². The van der Waals surface area contributed by atoms with Crippen molar-refractivity contribution in [1.29, 1.82) is 0 Å². The highest BCUT2D eigenvalue weighted by Gasteiger charge is 2.31. The molecule has 5 heterocycles. The normalized spacial score (nSPS) is 17.6. The molecule has 188 valence electrons. The zero-order valence-electron chi connectivity index (χ0n) is 19.8. The van der Waals surface area contributed by atoms with E-state index < -0.39 is 0 Å². The molecule has 0 spiro atoms. The minimum absolute atomic E-state index is 0.0228. The van der Waals surface area contributed by atoms with E-state index in [-0.39, 0.29) is 35.4 Å². The lowest BCUT2D eigenvalue weighted by molar-refractivity contribution is -0.116. The van der Waals surface area contributed by atoms with Gasteiger partial charge in [0.15, 0.2) is 10.9 Å². The van der Waals surface area contributed by atoms with Crippen molar-refractivity contribution in [2.45, 2.75) is 56.1 Å². The number of aromatic amines is 1. The van der Waals surface area contributed by atoms with Gasteiger partial charge in [0, 0.05) is 29.4 Å². The molecule has 3 aliphatic rings. The van der Waals surface area contributed by atoms with Gasteiger partial charge in [-0.2, -0.15) is 9.78 Å². The van der Waals surface area contributed by atoms with Crippen molar-refractivity contribution in [1.82, 2.24) is 29.3 Å². The van der Waals surface area contributed by atoms with Crippen LogP contribution in [-0.4, -0.2) is 41.0 Å². The van der Waals surface area contributed by atoms with Gasteiger partial charge in [0.2, 0.25) is 11.9 Å². The van der Waals surface area contributed by atoms with E-state index in [1.807, 2.05) is 0 Å². The number of carbonyl (C=O) groups is 1. The van der Waals surface area contributed by atoms with Crippen LogP contribution >= 0.6 is 11.8 Å². The molecule has 1 aliphatic heterocycles. The van der Waals surface area contributed by atoms with Crippen LogP contribution < -0.4 is 16.4 Å². The lowest BCUT2D eigenvalue weighted by Crippen LogP contribution is -2.30. The molecule has 2 aliphatic carbocycles. The number of H-pyrrole nitrogens is 1. The van der Waals surface area contributed by atoms with E-state index in [0.717, 1.165) is 49.1 Å². The molecule has 1 amide bonds. The van der Waals surface area contributed by atoms with Crippen LogP contribution in [0, 0.1) is 0 Å². The molecule has 7 rings (SSSR count). The highest BCUT2D eigenvalue weighted by atomic mass is 32.2. The van der Waals surface area contributed by atoms with Gasteiger partial charge < -0.3 is 9.73 Å². The molecule has 0 saturated carbocycles. The molecule has 4 aromatic rings. The second-order valence-electron chi connectivity index (χ2n) is 9.54. The van der Waals surface area contributed by atoms with E-state index in [0.29, 0.717) is 40.2 Å². The van der Waals surface area contributed by atoms with Crippen LogP contribution in [0.1, 0.15) is 47.8 Å². The van der Waals surface area contributed by atoms with Crippen molar-refractivity contribution in [2.75, 3.05) is 11.1 Å². The number of rotatable bonds is 5. The topological polar surface area (TPSA) is 141 Å². The Bertz CT molecular complexity index is 1670. The minimum atomic E-state index is -0.287. The predicted molar refractivity (Wildman–Crippen MR) is 135 cm³/mol. The zero-order chi connectivity index (χ0) is 25.1. The number of aromatic nitrogens is 6.